The molecule has 0 aliphatic carbocycles. The molecular formula is C20H16FNOS. The minimum atomic E-state index is -0.213. The summed E-state index contributed by atoms with van der Waals surface area (Å²) in [6, 6.07) is 21.5. The van der Waals surface area contributed by atoms with Crippen molar-refractivity contribution in [1.82, 2.24) is 0 Å². The highest BCUT2D eigenvalue weighted by Gasteiger charge is 1.99. The van der Waals surface area contributed by atoms with Gasteiger partial charge in [0, 0.05) is 22.4 Å². The average molecular weight is 337 g/mol. The number of phenolic OH excluding ortho intramolecular Hbond substituents is 1. The lowest BCUT2D eigenvalue weighted by Gasteiger charge is -2.03. The van der Waals surface area contributed by atoms with Gasteiger partial charge in [-0.05, 0) is 54.1 Å². The van der Waals surface area contributed by atoms with Crippen molar-refractivity contribution in [2.75, 3.05) is 0 Å². The van der Waals surface area contributed by atoms with E-state index in [4.69, 9.17) is 0 Å². The van der Waals surface area contributed by atoms with Crippen LogP contribution in [0.3, 0.4) is 0 Å². The molecule has 0 atom stereocenters. The van der Waals surface area contributed by atoms with E-state index >= 15 is 0 Å². The molecule has 0 saturated heterocycles. The highest BCUT2D eigenvalue weighted by atomic mass is 32.2. The van der Waals surface area contributed by atoms with E-state index in [0.29, 0.717) is 5.56 Å². The fraction of sp³-hybridized carbons (Fsp3) is 0.0500. The average Bonchev–Trinajstić information content (AvgIpc) is 2.61. The molecule has 24 heavy (non-hydrogen) atoms. The maximum atomic E-state index is 12.9. The first-order valence-electron chi connectivity index (χ1n) is 7.50. The first kappa shape index (κ1) is 16.3. The first-order valence-corrected chi connectivity index (χ1v) is 8.49. The number of hydrogen-bond acceptors (Lipinski definition) is 3. The molecule has 0 spiro atoms. The molecule has 0 aliphatic heterocycles. The smallest absolute Gasteiger partial charge is 0.124 e. The van der Waals surface area contributed by atoms with Gasteiger partial charge in [-0.15, -0.1) is 11.8 Å². The van der Waals surface area contributed by atoms with Gasteiger partial charge in [0.15, 0.2) is 0 Å². The molecule has 0 radical (unpaired) electrons. The molecule has 120 valence electrons. The lowest BCUT2D eigenvalue weighted by atomic mass is 10.2. The van der Waals surface area contributed by atoms with Gasteiger partial charge in [0.05, 0.1) is 5.69 Å². The Morgan fingerprint density at radius 1 is 0.917 bits per heavy atom. The Morgan fingerprint density at radius 3 is 2.33 bits per heavy atom. The lowest BCUT2D eigenvalue weighted by Crippen LogP contribution is -1.82. The molecule has 0 heterocycles. The Hall–Kier alpha value is -2.59. The summed E-state index contributed by atoms with van der Waals surface area (Å²) < 4.78 is 12.9. The number of benzene rings is 3. The summed E-state index contributed by atoms with van der Waals surface area (Å²) in [5, 5.41) is 9.71. The van der Waals surface area contributed by atoms with Crippen LogP contribution in [0.2, 0.25) is 0 Å². The normalized spacial score (nSPS) is 11.0. The molecule has 3 aromatic rings. The second kappa shape index (κ2) is 7.79. The summed E-state index contributed by atoms with van der Waals surface area (Å²) in [5.41, 5.74) is 2.60. The number of halogens is 1. The van der Waals surface area contributed by atoms with Crippen molar-refractivity contribution in [1.29, 1.82) is 0 Å². The fourth-order valence-electron chi connectivity index (χ4n) is 2.12. The summed E-state index contributed by atoms with van der Waals surface area (Å²) in [7, 11) is 0. The van der Waals surface area contributed by atoms with Crippen molar-refractivity contribution in [2.45, 2.75) is 10.6 Å². The molecule has 1 N–H and O–H groups in total. The summed E-state index contributed by atoms with van der Waals surface area (Å²) in [5.74, 6) is 0.795. The third-order valence-corrected chi connectivity index (χ3v) is 4.53. The molecule has 0 bridgehead atoms. The molecule has 3 rings (SSSR count). The largest absolute Gasteiger partial charge is 0.507 e. The molecule has 0 fully saturated rings. The van der Waals surface area contributed by atoms with Crippen LogP contribution in [0.25, 0.3) is 0 Å². The third-order valence-electron chi connectivity index (χ3n) is 3.44. The number of rotatable bonds is 5. The Kier molecular flexibility index (Phi) is 5.29. The highest BCUT2D eigenvalue weighted by molar-refractivity contribution is 7.98. The van der Waals surface area contributed by atoms with Crippen LogP contribution >= 0.6 is 11.8 Å². The predicted molar refractivity (Wildman–Crippen MR) is 97.8 cm³/mol. The van der Waals surface area contributed by atoms with Gasteiger partial charge in [0.25, 0.3) is 0 Å². The monoisotopic (exact) mass is 337 g/mol. The Bertz CT molecular complexity index is 829. The van der Waals surface area contributed by atoms with Crippen molar-refractivity contribution in [3.8, 4) is 5.75 Å². The molecule has 0 unspecified atom stereocenters. The van der Waals surface area contributed by atoms with E-state index in [-0.39, 0.29) is 11.6 Å². The van der Waals surface area contributed by atoms with Crippen LogP contribution in [0.4, 0.5) is 10.1 Å². The number of phenols is 1. The number of hydrogen-bond donors (Lipinski definition) is 1. The second-order valence-electron chi connectivity index (χ2n) is 5.23. The summed E-state index contributed by atoms with van der Waals surface area (Å²) in [4.78, 5) is 5.50. The van der Waals surface area contributed by atoms with Gasteiger partial charge >= 0.3 is 0 Å². The number of para-hydroxylation sites is 1. The maximum Gasteiger partial charge on any atom is 0.124 e. The van der Waals surface area contributed by atoms with E-state index in [1.807, 2.05) is 36.4 Å². The summed E-state index contributed by atoms with van der Waals surface area (Å²) in [6.07, 6.45) is 1.65. The Morgan fingerprint density at radius 2 is 1.62 bits per heavy atom. The minimum absolute atomic E-state index is 0.213. The fourth-order valence-corrected chi connectivity index (χ4v) is 2.97. The maximum absolute atomic E-state index is 12.9. The van der Waals surface area contributed by atoms with Gasteiger partial charge in [-0.3, -0.25) is 4.99 Å². The second-order valence-corrected chi connectivity index (χ2v) is 6.27. The van der Waals surface area contributed by atoms with Crippen LogP contribution in [0, 0.1) is 5.82 Å². The van der Waals surface area contributed by atoms with Crippen molar-refractivity contribution < 1.29 is 9.50 Å². The van der Waals surface area contributed by atoms with E-state index in [9.17, 15) is 9.50 Å². The number of aromatic hydroxyl groups is 1. The zero-order valence-electron chi connectivity index (χ0n) is 12.9. The summed E-state index contributed by atoms with van der Waals surface area (Å²) >= 11 is 1.69. The van der Waals surface area contributed by atoms with Gasteiger partial charge in [-0.2, -0.15) is 0 Å². The van der Waals surface area contributed by atoms with Crippen LogP contribution in [-0.2, 0) is 5.75 Å². The van der Waals surface area contributed by atoms with Gasteiger partial charge < -0.3 is 5.11 Å². The van der Waals surface area contributed by atoms with E-state index in [0.717, 1.165) is 21.9 Å². The molecule has 3 aromatic carbocycles. The quantitative estimate of drug-likeness (QED) is 0.487. The van der Waals surface area contributed by atoms with Crippen molar-refractivity contribution in [3.63, 3.8) is 0 Å². The lowest BCUT2D eigenvalue weighted by molar-refractivity contribution is 0.474. The van der Waals surface area contributed by atoms with E-state index in [1.165, 1.54) is 12.1 Å². The number of nitrogens with zero attached hydrogens (tertiary/aromatic N) is 1. The first-order chi connectivity index (χ1) is 11.7. The topological polar surface area (TPSA) is 32.6 Å². The van der Waals surface area contributed by atoms with Crippen LogP contribution in [0.1, 0.15) is 11.1 Å². The molecule has 2 nitrogen and oxygen atoms in total. The minimum Gasteiger partial charge on any atom is -0.507 e. The molecule has 0 aromatic heterocycles. The highest BCUT2D eigenvalue weighted by Crippen LogP contribution is 2.25. The predicted octanol–water partition coefficient (Wildman–Crippen LogP) is 5.57. The van der Waals surface area contributed by atoms with Crippen LogP contribution < -0.4 is 0 Å². The van der Waals surface area contributed by atoms with Crippen LogP contribution in [-0.4, -0.2) is 11.3 Å². The number of thioether (sulfide) groups is 1. The molecule has 4 heteroatoms. The van der Waals surface area contributed by atoms with Crippen molar-refractivity contribution >= 4 is 23.7 Å². The van der Waals surface area contributed by atoms with Crippen molar-refractivity contribution in [3.05, 3.63) is 89.7 Å². The number of aliphatic imine (C=N–C) groups is 1. The SMILES string of the molecule is Oc1ccccc1C=Nc1ccc(SCc2ccc(F)cc2)cc1. The zero-order valence-corrected chi connectivity index (χ0v) is 13.7. The zero-order chi connectivity index (χ0) is 16.8. The molecular weight excluding hydrogens is 321 g/mol. The Balaban J connectivity index is 1.61. The van der Waals surface area contributed by atoms with E-state index in [1.54, 1.807) is 42.2 Å². The Labute approximate surface area is 144 Å². The third kappa shape index (κ3) is 4.46. The molecule has 0 saturated carbocycles. The van der Waals surface area contributed by atoms with Crippen LogP contribution in [0.5, 0.6) is 5.75 Å². The van der Waals surface area contributed by atoms with Crippen LogP contribution in [0.15, 0.2) is 82.7 Å². The van der Waals surface area contributed by atoms with Gasteiger partial charge in [0.2, 0.25) is 0 Å². The van der Waals surface area contributed by atoms with E-state index < -0.39 is 0 Å². The van der Waals surface area contributed by atoms with Gasteiger partial charge in [-0.25, -0.2) is 4.39 Å². The van der Waals surface area contributed by atoms with Gasteiger partial charge in [-0.1, -0.05) is 24.3 Å². The van der Waals surface area contributed by atoms with Gasteiger partial charge in [0.1, 0.15) is 11.6 Å². The standard InChI is InChI=1S/C20H16FNOS/c21-17-7-5-15(6-8-17)14-24-19-11-9-18(10-12-19)22-13-16-3-1-2-4-20(16)23/h1-13,23H,14H2. The summed E-state index contributed by atoms with van der Waals surface area (Å²) in [6.45, 7) is 0. The molecule has 0 aliphatic rings. The van der Waals surface area contributed by atoms with E-state index in [2.05, 4.69) is 4.99 Å². The molecule has 0 amide bonds. The van der Waals surface area contributed by atoms with Crippen molar-refractivity contribution in [2.24, 2.45) is 4.99 Å².